The van der Waals surface area contributed by atoms with Gasteiger partial charge in [0.2, 0.25) is 0 Å². The Bertz CT molecular complexity index is 439. The summed E-state index contributed by atoms with van der Waals surface area (Å²) in [6, 6.07) is 4.55. The molecule has 0 bridgehead atoms. The van der Waals surface area contributed by atoms with E-state index in [1.165, 1.54) is 18.4 Å². The van der Waals surface area contributed by atoms with Gasteiger partial charge < -0.3 is 15.1 Å². The summed E-state index contributed by atoms with van der Waals surface area (Å²) >= 11 is 0. The fourth-order valence-corrected chi connectivity index (χ4v) is 3.35. The molecule has 0 radical (unpaired) electrons. The number of fused-ring (bicyclic) bond motifs is 1. The molecule has 1 aliphatic carbocycles. The van der Waals surface area contributed by atoms with Crippen LogP contribution in [0.3, 0.4) is 0 Å². The minimum absolute atomic E-state index is 0.0830. The van der Waals surface area contributed by atoms with Gasteiger partial charge in [0.05, 0.1) is 6.61 Å². The van der Waals surface area contributed by atoms with Gasteiger partial charge >= 0.3 is 0 Å². The van der Waals surface area contributed by atoms with Crippen molar-refractivity contribution in [1.29, 1.82) is 0 Å². The Balaban J connectivity index is 2.16. The molecule has 3 nitrogen and oxygen atoms in total. The smallest absolute Gasteiger partial charge is 0.124 e. The second kappa shape index (κ2) is 7.09. The van der Waals surface area contributed by atoms with E-state index in [-0.39, 0.29) is 6.61 Å². The average Bonchev–Trinajstić information content (AvgIpc) is 2.47. The van der Waals surface area contributed by atoms with Crippen molar-refractivity contribution >= 4 is 0 Å². The molecule has 1 aromatic carbocycles. The number of aliphatic hydroxyl groups excluding tert-OH is 1. The molecule has 0 saturated carbocycles. The van der Waals surface area contributed by atoms with E-state index >= 15 is 0 Å². The Labute approximate surface area is 122 Å². The molecule has 0 aliphatic heterocycles. The fraction of sp³-hybridized carbons (Fsp3) is 0.647. The first kappa shape index (κ1) is 15.3. The van der Waals surface area contributed by atoms with Crippen molar-refractivity contribution in [3.63, 3.8) is 0 Å². The number of aromatic hydroxyl groups is 1. The van der Waals surface area contributed by atoms with Gasteiger partial charge in [-0.2, -0.15) is 0 Å². The highest BCUT2D eigenvalue weighted by Crippen LogP contribution is 2.33. The summed E-state index contributed by atoms with van der Waals surface area (Å²) in [5.74, 6) is 0.320. The molecule has 2 rings (SSSR count). The van der Waals surface area contributed by atoms with Gasteiger partial charge in [0, 0.05) is 11.6 Å². The summed E-state index contributed by atoms with van der Waals surface area (Å²) in [4.78, 5) is 2.60. The summed E-state index contributed by atoms with van der Waals surface area (Å²) < 4.78 is 0. The molecule has 0 fully saturated rings. The van der Waals surface area contributed by atoms with E-state index in [1.807, 2.05) is 6.07 Å². The first-order valence-corrected chi connectivity index (χ1v) is 7.88. The van der Waals surface area contributed by atoms with Crippen LogP contribution in [0.1, 0.15) is 49.8 Å². The minimum Gasteiger partial charge on any atom is -0.507 e. The highest BCUT2D eigenvalue weighted by Gasteiger charge is 2.25. The third-order valence-corrected chi connectivity index (χ3v) is 4.35. The first-order chi connectivity index (χ1) is 9.71. The van der Waals surface area contributed by atoms with Crippen LogP contribution in [0.25, 0.3) is 0 Å². The van der Waals surface area contributed by atoms with Crippen molar-refractivity contribution < 1.29 is 10.2 Å². The molecule has 3 heteroatoms. The molecule has 0 amide bonds. The van der Waals surface area contributed by atoms with Crippen LogP contribution in [0.2, 0.25) is 0 Å². The predicted molar refractivity (Wildman–Crippen MR) is 82.0 cm³/mol. The van der Waals surface area contributed by atoms with Crippen molar-refractivity contribution in [2.75, 3.05) is 13.1 Å². The van der Waals surface area contributed by atoms with Gasteiger partial charge in [-0.3, -0.25) is 0 Å². The molecule has 0 unspecified atom stereocenters. The Kier molecular flexibility index (Phi) is 5.44. The fourth-order valence-electron chi connectivity index (χ4n) is 3.35. The summed E-state index contributed by atoms with van der Waals surface area (Å²) in [6.45, 7) is 6.71. The average molecular weight is 277 g/mol. The van der Waals surface area contributed by atoms with E-state index in [0.29, 0.717) is 17.4 Å². The SMILES string of the molecule is CCCN(CCC)[C@@H]1CCc2c(ccc(CO)c2O)C1. The molecule has 0 aromatic heterocycles. The predicted octanol–water partition coefficient (Wildman–Crippen LogP) is 2.86. The van der Waals surface area contributed by atoms with Crippen molar-refractivity contribution in [2.24, 2.45) is 0 Å². The third-order valence-electron chi connectivity index (χ3n) is 4.35. The van der Waals surface area contributed by atoms with Gasteiger partial charge in [-0.25, -0.2) is 0 Å². The number of hydrogen-bond donors (Lipinski definition) is 2. The normalized spacial score (nSPS) is 18.3. The van der Waals surface area contributed by atoms with Crippen LogP contribution in [0.4, 0.5) is 0 Å². The van der Waals surface area contributed by atoms with Crippen LogP contribution in [0.5, 0.6) is 5.75 Å². The van der Waals surface area contributed by atoms with Gasteiger partial charge in [0.25, 0.3) is 0 Å². The molecule has 0 heterocycles. The van der Waals surface area contributed by atoms with Gasteiger partial charge in [0.1, 0.15) is 5.75 Å². The van der Waals surface area contributed by atoms with Gasteiger partial charge in [-0.15, -0.1) is 0 Å². The Morgan fingerprint density at radius 2 is 1.90 bits per heavy atom. The van der Waals surface area contributed by atoms with Crippen LogP contribution >= 0.6 is 0 Å². The van der Waals surface area contributed by atoms with Crippen LogP contribution in [0, 0.1) is 0 Å². The number of phenols is 1. The number of nitrogens with zero attached hydrogens (tertiary/aromatic N) is 1. The standard InChI is InChI=1S/C17H27NO2/c1-3-9-18(10-4-2)15-7-8-16-13(11-15)5-6-14(12-19)17(16)20/h5-6,15,19-20H,3-4,7-12H2,1-2H3/t15-/m1/s1. The van der Waals surface area contributed by atoms with Gasteiger partial charge in [-0.05, 0) is 56.3 Å². The molecular weight excluding hydrogens is 250 g/mol. The summed E-state index contributed by atoms with van der Waals surface area (Å²) in [7, 11) is 0. The largest absolute Gasteiger partial charge is 0.507 e. The molecule has 1 atom stereocenters. The highest BCUT2D eigenvalue weighted by atomic mass is 16.3. The highest BCUT2D eigenvalue weighted by molar-refractivity contribution is 5.47. The molecule has 0 saturated heterocycles. The first-order valence-electron chi connectivity index (χ1n) is 7.88. The second-order valence-electron chi connectivity index (χ2n) is 5.80. The van der Waals surface area contributed by atoms with Crippen LogP contribution in [0.15, 0.2) is 12.1 Å². The van der Waals surface area contributed by atoms with E-state index in [2.05, 4.69) is 24.8 Å². The molecule has 2 N–H and O–H groups in total. The Morgan fingerprint density at radius 3 is 2.50 bits per heavy atom. The lowest BCUT2D eigenvalue weighted by molar-refractivity contribution is 0.179. The van der Waals surface area contributed by atoms with Crippen LogP contribution in [-0.2, 0) is 19.4 Å². The van der Waals surface area contributed by atoms with Gasteiger partial charge in [0.15, 0.2) is 0 Å². The van der Waals surface area contributed by atoms with Crippen molar-refractivity contribution in [1.82, 2.24) is 4.90 Å². The minimum atomic E-state index is -0.0830. The van der Waals surface area contributed by atoms with E-state index in [1.54, 1.807) is 0 Å². The molecule has 1 aromatic rings. The summed E-state index contributed by atoms with van der Waals surface area (Å²) in [6.07, 6.45) is 5.43. The number of benzene rings is 1. The topological polar surface area (TPSA) is 43.7 Å². The summed E-state index contributed by atoms with van der Waals surface area (Å²) in [5, 5.41) is 19.4. The number of rotatable bonds is 6. The zero-order valence-electron chi connectivity index (χ0n) is 12.7. The Morgan fingerprint density at radius 1 is 1.20 bits per heavy atom. The maximum absolute atomic E-state index is 10.2. The maximum Gasteiger partial charge on any atom is 0.124 e. The zero-order chi connectivity index (χ0) is 14.5. The van der Waals surface area contributed by atoms with E-state index in [4.69, 9.17) is 0 Å². The number of hydrogen-bond acceptors (Lipinski definition) is 3. The summed E-state index contributed by atoms with van der Waals surface area (Å²) in [5.41, 5.74) is 2.97. The lowest BCUT2D eigenvalue weighted by Gasteiger charge is -2.35. The van der Waals surface area contributed by atoms with Crippen molar-refractivity contribution in [2.45, 2.75) is 58.6 Å². The second-order valence-corrected chi connectivity index (χ2v) is 5.80. The molecule has 1 aliphatic rings. The molecular formula is C17H27NO2. The quantitative estimate of drug-likeness (QED) is 0.840. The monoisotopic (exact) mass is 277 g/mol. The van der Waals surface area contributed by atoms with E-state index in [0.717, 1.165) is 37.9 Å². The van der Waals surface area contributed by atoms with Crippen LogP contribution in [-0.4, -0.2) is 34.2 Å². The lowest BCUT2D eigenvalue weighted by Crippen LogP contribution is -2.40. The van der Waals surface area contributed by atoms with Crippen LogP contribution < -0.4 is 0 Å². The lowest BCUT2D eigenvalue weighted by atomic mass is 9.85. The number of aliphatic hydroxyl groups is 1. The zero-order valence-corrected chi connectivity index (χ0v) is 12.7. The molecule has 0 spiro atoms. The molecule has 112 valence electrons. The van der Waals surface area contributed by atoms with Crippen molar-refractivity contribution in [3.05, 3.63) is 28.8 Å². The maximum atomic E-state index is 10.2. The molecule has 20 heavy (non-hydrogen) atoms. The third kappa shape index (κ3) is 3.15. The van der Waals surface area contributed by atoms with E-state index in [9.17, 15) is 10.2 Å². The Hall–Kier alpha value is -1.06. The van der Waals surface area contributed by atoms with Crippen molar-refractivity contribution in [3.8, 4) is 5.75 Å². The van der Waals surface area contributed by atoms with Gasteiger partial charge in [-0.1, -0.05) is 26.0 Å². The van der Waals surface area contributed by atoms with E-state index < -0.39 is 0 Å².